The molecule has 2 amide bonds. The Balaban J connectivity index is 2.08. The standard InChI is InChI=1S/C15H16ClF3N2O2/c1-9(22)21-6-4-10(5-7-21)14(23)20-13-3-2-11(16)8-12(13)15(17,18)19/h2-3,8,10H,4-7H2,1H3,(H,20,23). The zero-order chi connectivity index (χ0) is 17.2. The van der Waals surface area contributed by atoms with Gasteiger partial charge in [0.15, 0.2) is 0 Å². The summed E-state index contributed by atoms with van der Waals surface area (Å²) in [6.45, 7) is 2.31. The number of amides is 2. The van der Waals surface area contributed by atoms with Gasteiger partial charge in [-0.2, -0.15) is 13.2 Å². The fourth-order valence-corrected chi connectivity index (χ4v) is 2.72. The first-order valence-corrected chi connectivity index (χ1v) is 7.49. The monoisotopic (exact) mass is 348 g/mol. The first-order chi connectivity index (χ1) is 10.7. The molecule has 1 aromatic carbocycles. The van der Waals surface area contributed by atoms with Gasteiger partial charge in [-0.3, -0.25) is 9.59 Å². The van der Waals surface area contributed by atoms with Gasteiger partial charge in [-0.15, -0.1) is 0 Å². The molecule has 0 bridgehead atoms. The Bertz CT molecular complexity index is 611. The third-order valence-corrected chi connectivity index (χ3v) is 4.09. The molecule has 1 heterocycles. The van der Waals surface area contributed by atoms with Crippen LogP contribution in [0.15, 0.2) is 18.2 Å². The highest BCUT2D eigenvalue weighted by Gasteiger charge is 2.35. The minimum absolute atomic E-state index is 0.0508. The highest BCUT2D eigenvalue weighted by atomic mass is 35.5. The normalized spacial score (nSPS) is 16.3. The van der Waals surface area contributed by atoms with Gasteiger partial charge >= 0.3 is 6.18 Å². The summed E-state index contributed by atoms with van der Waals surface area (Å²) in [5.74, 6) is -0.954. The molecule has 8 heteroatoms. The number of alkyl halides is 3. The van der Waals surface area contributed by atoms with E-state index >= 15 is 0 Å². The van der Waals surface area contributed by atoms with Crippen LogP contribution < -0.4 is 5.32 Å². The van der Waals surface area contributed by atoms with E-state index in [0.717, 1.165) is 12.1 Å². The lowest BCUT2D eigenvalue weighted by Gasteiger charge is -2.30. The van der Waals surface area contributed by atoms with Gasteiger partial charge in [0.1, 0.15) is 0 Å². The van der Waals surface area contributed by atoms with Crippen molar-refractivity contribution in [3.63, 3.8) is 0 Å². The Morgan fingerprint density at radius 3 is 2.39 bits per heavy atom. The molecule has 1 aliphatic heterocycles. The van der Waals surface area contributed by atoms with Crippen LogP contribution in [-0.2, 0) is 15.8 Å². The zero-order valence-corrected chi connectivity index (χ0v) is 13.2. The Morgan fingerprint density at radius 2 is 1.87 bits per heavy atom. The average Bonchev–Trinajstić information content (AvgIpc) is 2.48. The smallest absolute Gasteiger partial charge is 0.343 e. The van der Waals surface area contributed by atoms with Crippen LogP contribution >= 0.6 is 11.6 Å². The molecule has 0 aliphatic carbocycles. The Kier molecular flexibility index (Phi) is 5.19. The molecule has 1 aromatic rings. The fourth-order valence-electron chi connectivity index (χ4n) is 2.55. The summed E-state index contributed by atoms with van der Waals surface area (Å²) in [5, 5.41) is 2.29. The number of nitrogens with one attached hydrogen (secondary N) is 1. The predicted molar refractivity (Wildman–Crippen MR) is 80.1 cm³/mol. The van der Waals surface area contributed by atoms with E-state index in [-0.39, 0.29) is 16.6 Å². The molecule has 2 rings (SSSR count). The number of hydrogen-bond donors (Lipinski definition) is 1. The van der Waals surface area contributed by atoms with Gasteiger partial charge in [0.05, 0.1) is 11.3 Å². The van der Waals surface area contributed by atoms with E-state index in [1.54, 1.807) is 4.90 Å². The number of halogens is 4. The van der Waals surface area contributed by atoms with Crippen LogP contribution in [0.4, 0.5) is 18.9 Å². The summed E-state index contributed by atoms with van der Waals surface area (Å²) in [6, 6.07) is 3.23. The number of nitrogens with zero attached hydrogens (tertiary/aromatic N) is 1. The van der Waals surface area contributed by atoms with Crippen LogP contribution in [0.25, 0.3) is 0 Å². The summed E-state index contributed by atoms with van der Waals surface area (Å²) in [5.41, 5.74) is -1.28. The van der Waals surface area contributed by atoms with E-state index in [4.69, 9.17) is 11.6 Å². The van der Waals surface area contributed by atoms with E-state index < -0.39 is 23.6 Å². The van der Waals surface area contributed by atoms with Crippen molar-refractivity contribution >= 4 is 29.1 Å². The minimum Gasteiger partial charge on any atom is -0.343 e. The largest absolute Gasteiger partial charge is 0.418 e. The maximum atomic E-state index is 13.0. The number of rotatable bonds is 2. The molecule has 1 N–H and O–H groups in total. The molecule has 0 spiro atoms. The van der Waals surface area contributed by atoms with Crippen LogP contribution in [0.2, 0.25) is 5.02 Å². The Labute approximate surface area is 136 Å². The van der Waals surface area contributed by atoms with Gasteiger partial charge < -0.3 is 10.2 Å². The molecule has 0 radical (unpaired) electrons. The van der Waals surface area contributed by atoms with Crippen molar-refractivity contribution in [1.29, 1.82) is 0 Å². The lowest BCUT2D eigenvalue weighted by Crippen LogP contribution is -2.40. The second kappa shape index (κ2) is 6.78. The topological polar surface area (TPSA) is 49.4 Å². The van der Waals surface area contributed by atoms with Gasteiger partial charge in [-0.1, -0.05) is 11.6 Å². The van der Waals surface area contributed by atoms with Gasteiger partial charge in [0, 0.05) is 31.0 Å². The lowest BCUT2D eigenvalue weighted by molar-refractivity contribution is -0.137. The van der Waals surface area contributed by atoms with E-state index in [1.165, 1.54) is 13.0 Å². The van der Waals surface area contributed by atoms with Crippen molar-refractivity contribution in [2.75, 3.05) is 18.4 Å². The molecule has 0 unspecified atom stereocenters. The van der Waals surface area contributed by atoms with E-state index in [1.807, 2.05) is 0 Å². The SMILES string of the molecule is CC(=O)N1CCC(C(=O)Nc2ccc(Cl)cc2C(F)(F)F)CC1. The summed E-state index contributed by atoms with van der Waals surface area (Å²) >= 11 is 5.60. The molecule has 126 valence electrons. The maximum Gasteiger partial charge on any atom is 0.418 e. The molecule has 0 saturated carbocycles. The number of hydrogen-bond acceptors (Lipinski definition) is 2. The van der Waals surface area contributed by atoms with Gasteiger partial charge in [-0.25, -0.2) is 0 Å². The quantitative estimate of drug-likeness (QED) is 0.888. The number of carbonyl (C=O) groups is 2. The highest BCUT2D eigenvalue weighted by molar-refractivity contribution is 6.30. The Hall–Kier alpha value is -1.76. The molecule has 1 fully saturated rings. The lowest BCUT2D eigenvalue weighted by atomic mass is 9.95. The molecule has 4 nitrogen and oxygen atoms in total. The maximum absolute atomic E-state index is 13.0. The second-order valence-electron chi connectivity index (χ2n) is 5.46. The van der Waals surface area contributed by atoms with Crippen molar-refractivity contribution in [2.45, 2.75) is 25.9 Å². The Morgan fingerprint density at radius 1 is 1.26 bits per heavy atom. The number of likely N-dealkylation sites (tertiary alicyclic amines) is 1. The molecule has 1 saturated heterocycles. The molecular formula is C15H16ClF3N2O2. The average molecular weight is 349 g/mol. The molecule has 23 heavy (non-hydrogen) atoms. The van der Waals surface area contributed by atoms with Crippen molar-refractivity contribution in [2.24, 2.45) is 5.92 Å². The zero-order valence-electron chi connectivity index (χ0n) is 12.4. The highest BCUT2D eigenvalue weighted by Crippen LogP contribution is 2.36. The number of piperidine rings is 1. The number of benzene rings is 1. The van der Waals surface area contributed by atoms with Crippen molar-refractivity contribution in [3.8, 4) is 0 Å². The third kappa shape index (κ3) is 4.37. The molecule has 1 aliphatic rings. The molecule has 0 aromatic heterocycles. The van der Waals surface area contributed by atoms with Crippen molar-refractivity contribution < 1.29 is 22.8 Å². The summed E-state index contributed by atoms with van der Waals surface area (Å²) < 4.78 is 39.0. The van der Waals surface area contributed by atoms with Crippen molar-refractivity contribution in [3.05, 3.63) is 28.8 Å². The van der Waals surface area contributed by atoms with Crippen LogP contribution in [-0.4, -0.2) is 29.8 Å². The van der Waals surface area contributed by atoms with E-state index in [2.05, 4.69) is 5.32 Å². The van der Waals surface area contributed by atoms with Crippen LogP contribution in [0.5, 0.6) is 0 Å². The first kappa shape index (κ1) is 17.6. The second-order valence-corrected chi connectivity index (χ2v) is 5.89. The number of carbonyl (C=O) groups excluding carboxylic acids is 2. The summed E-state index contributed by atoms with van der Waals surface area (Å²) in [4.78, 5) is 25.1. The van der Waals surface area contributed by atoms with Crippen molar-refractivity contribution in [1.82, 2.24) is 4.90 Å². The predicted octanol–water partition coefficient (Wildman–Crippen LogP) is 3.56. The first-order valence-electron chi connectivity index (χ1n) is 7.11. The van der Waals surface area contributed by atoms with E-state index in [9.17, 15) is 22.8 Å². The van der Waals surface area contributed by atoms with Gasteiger partial charge in [0.25, 0.3) is 0 Å². The van der Waals surface area contributed by atoms with E-state index in [0.29, 0.717) is 25.9 Å². The molecule has 0 atom stereocenters. The van der Waals surface area contributed by atoms with Crippen LogP contribution in [0.3, 0.4) is 0 Å². The number of anilines is 1. The minimum atomic E-state index is -4.61. The summed E-state index contributed by atoms with van der Waals surface area (Å²) in [7, 11) is 0. The van der Waals surface area contributed by atoms with Gasteiger partial charge in [0.2, 0.25) is 11.8 Å². The third-order valence-electron chi connectivity index (χ3n) is 3.86. The fraction of sp³-hybridized carbons (Fsp3) is 0.467. The van der Waals surface area contributed by atoms with Crippen LogP contribution in [0, 0.1) is 5.92 Å². The van der Waals surface area contributed by atoms with Gasteiger partial charge in [-0.05, 0) is 31.0 Å². The summed E-state index contributed by atoms with van der Waals surface area (Å²) in [6.07, 6.45) is -3.74. The molecular weight excluding hydrogens is 333 g/mol. The van der Waals surface area contributed by atoms with Crippen LogP contribution in [0.1, 0.15) is 25.3 Å².